The molecule has 1 aliphatic heterocycles. The van der Waals surface area contributed by atoms with Crippen molar-refractivity contribution < 1.29 is 14.0 Å². The third kappa shape index (κ3) is 4.50. The highest BCUT2D eigenvalue weighted by Crippen LogP contribution is 2.20. The van der Waals surface area contributed by atoms with Crippen molar-refractivity contribution in [1.29, 1.82) is 0 Å². The van der Waals surface area contributed by atoms with Crippen molar-refractivity contribution in [1.82, 2.24) is 4.90 Å². The van der Waals surface area contributed by atoms with Gasteiger partial charge in [-0.25, -0.2) is 4.39 Å². The molecule has 0 radical (unpaired) electrons. The summed E-state index contributed by atoms with van der Waals surface area (Å²) in [6.45, 7) is 1.34. The number of piperidine rings is 1. The number of rotatable bonds is 4. The van der Waals surface area contributed by atoms with Crippen molar-refractivity contribution >= 4 is 33.4 Å². The quantitative estimate of drug-likeness (QED) is 0.861. The van der Waals surface area contributed by atoms with Crippen molar-refractivity contribution in [2.24, 2.45) is 11.7 Å². The van der Waals surface area contributed by atoms with E-state index >= 15 is 0 Å². The lowest BCUT2D eigenvalue weighted by molar-refractivity contribution is -0.125. The number of nitrogens with zero attached hydrogens (tertiary/aromatic N) is 1. The molecule has 21 heavy (non-hydrogen) atoms. The van der Waals surface area contributed by atoms with Crippen LogP contribution in [0.1, 0.15) is 12.8 Å². The van der Waals surface area contributed by atoms with Gasteiger partial charge < -0.3 is 11.1 Å². The van der Waals surface area contributed by atoms with Crippen LogP contribution in [0.5, 0.6) is 0 Å². The molecule has 114 valence electrons. The predicted molar refractivity (Wildman–Crippen MR) is 81.1 cm³/mol. The molecule has 0 aliphatic carbocycles. The van der Waals surface area contributed by atoms with Crippen LogP contribution in [0.3, 0.4) is 0 Å². The van der Waals surface area contributed by atoms with Crippen LogP contribution in [-0.4, -0.2) is 36.3 Å². The second kappa shape index (κ2) is 7.00. The molecular weight excluding hydrogens is 341 g/mol. The zero-order valence-electron chi connectivity index (χ0n) is 11.4. The molecule has 2 rings (SSSR count). The standard InChI is InChI=1S/C14H17BrFN3O2/c15-10-3-4-12(11(16)6-10)18-13(20)8-19-5-1-2-9(7-19)14(17)21/h3-4,6,9H,1-2,5,7-8H2,(H2,17,21)(H,18,20)/t9-/m1/s1. The number of anilines is 1. The molecule has 0 bridgehead atoms. The molecule has 1 aliphatic rings. The van der Waals surface area contributed by atoms with Crippen molar-refractivity contribution in [3.05, 3.63) is 28.5 Å². The molecular formula is C14H17BrFN3O2. The summed E-state index contributed by atoms with van der Waals surface area (Å²) in [6, 6.07) is 4.45. The molecule has 0 aromatic heterocycles. The van der Waals surface area contributed by atoms with Crippen LogP contribution < -0.4 is 11.1 Å². The van der Waals surface area contributed by atoms with E-state index in [1.165, 1.54) is 12.1 Å². The number of primary amides is 1. The fraction of sp³-hybridized carbons (Fsp3) is 0.429. The number of hydrogen-bond donors (Lipinski definition) is 2. The molecule has 1 aromatic carbocycles. The number of halogens is 2. The van der Waals surface area contributed by atoms with Gasteiger partial charge in [0.1, 0.15) is 5.82 Å². The van der Waals surface area contributed by atoms with Gasteiger partial charge in [-0.2, -0.15) is 0 Å². The first-order valence-electron chi connectivity index (χ1n) is 6.72. The lowest BCUT2D eigenvalue weighted by atomic mass is 9.97. The fourth-order valence-electron chi connectivity index (χ4n) is 2.42. The number of carbonyl (C=O) groups is 2. The summed E-state index contributed by atoms with van der Waals surface area (Å²) in [4.78, 5) is 25.0. The van der Waals surface area contributed by atoms with Gasteiger partial charge in [0.15, 0.2) is 0 Å². The Bertz CT molecular complexity index is 553. The first-order chi connectivity index (χ1) is 9.95. The Hall–Kier alpha value is -1.47. The number of amides is 2. The van der Waals surface area contributed by atoms with Crippen molar-refractivity contribution in [2.45, 2.75) is 12.8 Å². The van der Waals surface area contributed by atoms with Gasteiger partial charge in [0.25, 0.3) is 0 Å². The lowest BCUT2D eigenvalue weighted by Crippen LogP contribution is -2.44. The van der Waals surface area contributed by atoms with Crippen LogP contribution in [0, 0.1) is 11.7 Å². The van der Waals surface area contributed by atoms with Gasteiger partial charge in [-0.1, -0.05) is 15.9 Å². The number of nitrogens with one attached hydrogen (secondary N) is 1. The summed E-state index contributed by atoms with van der Waals surface area (Å²) in [7, 11) is 0. The minimum Gasteiger partial charge on any atom is -0.369 e. The maximum absolute atomic E-state index is 13.6. The molecule has 1 heterocycles. The van der Waals surface area contributed by atoms with E-state index in [0.29, 0.717) is 11.0 Å². The number of benzene rings is 1. The molecule has 0 spiro atoms. The monoisotopic (exact) mass is 357 g/mol. The zero-order chi connectivity index (χ0) is 15.4. The third-order valence-electron chi connectivity index (χ3n) is 3.48. The van der Waals surface area contributed by atoms with Crippen LogP contribution in [0.2, 0.25) is 0 Å². The van der Waals surface area contributed by atoms with E-state index in [1.54, 1.807) is 6.07 Å². The molecule has 0 saturated carbocycles. The van der Waals surface area contributed by atoms with Crippen LogP contribution in [0.25, 0.3) is 0 Å². The van der Waals surface area contributed by atoms with E-state index in [-0.39, 0.29) is 30.0 Å². The van der Waals surface area contributed by atoms with E-state index in [2.05, 4.69) is 21.2 Å². The maximum atomic E-state index is 13.6. The predicted octanol–water partition coefficient (Wildman–Crippen LogP) is 1.72. The average molecular weight is 358 g/mol. The van der Waals surface area contributed by atoms with Gasteiger partial charge in [0.2, 0.25) is 11.8 Å². The molecule has 0 unspecified atom stereocenters. The number of nitrogens with two attached hydrogens (primary N) is 1. The van der Waals surface area contributed by atoms with Crippen molar-refractivity contribution in [2.75, 3.05) is 25.0 Å². The Morgan fingerprint density at radius 2 is 2.24 bits per heavy atom. The summed E-state index contributed by atoms with van der Waals surface area (Å²) in [6.07, 6.45) is 1.59. The van der Waals surface area contributed by atoms with Crippen LogP contribution in [0.4, 0.5) is 10.1 Å². The Morgan fingerprint density at radius 3 is 2.90 bits per heavy atom. The second-order valence-electron chi connectivity index (χ2n) is 5.15. The summed E-state index contributed by atoms with van der Waals surface area (Å²) < 4.78 is 14.2. The lowest BCUT2D eigenvalue weighted by Gasteiger charge is -2.30. The molecule has 5 nitrogen and oxygen atoms in total. The minimum absolute atomic E-state index is 0.124. The molecule has 1 fully saturated rings. The molecule has 1 saturated heterocycles. The minimum atomic E-state index is -0.494. The number of carbonyl (C=O) groups excluding carboxylic acids is 2. The first-order valence-corrected chi connectivity index (χ1v) is 7.51. The molecule has 2 amide bonds. The van der Waals surface area contributed by atoms with Crippen molar-refractivity contribution in [3.63, 3.8) is 0 Å². The van der Waals surface area contributed by atoms with Gasteiger partial charge in [-0.15, -0.1) is 0 Å². The van der Waals surface area contributed by atoms with Crippen LogP contribution in [-0.2, 0) is 9.59 Å². The maximum Gasteiger partial charge on any atom is 0.238 e. The Kier molecular flexibility index (Phi) is 5.30. The van der Waals surface area contributed by atoms with E-state index in [9.17, 15) is 14.0 Å². The molecule has 7 heteroatoms. The van der Waals surface area contributed by atoms with E-state index in [0.717, 1.165) is 19.4 Å². The van der Waals surface area contributed by atoms with E-state index in [4.69, 9.17) is 5.73 Å². The number of likely N-dealkylation sites (tertiary alicyclic amines) is 1. The van der Waals surface area contributed by atoms with E-state index in [1.807, 2.05) is 4.90 Å². The average Bonchev–Trinajstić information content (AvgIpc) is 2.42. The van der Waals surface area contributed by atoms with Gasteiger partial charge in [0, 0.05) is 11.0 Å². The SMILES string of the molecule is NC(=O)[C@@H]1CCCN(CC(=O)Nc2ccc(Br)cc2F)C1. The summed E-state index contributed by atoms with van der Waals surface area (Å²) in [5.74, 6) is -1.34. The summed E-state index contributed by atoms with van der Waals surface area (Å²) in [5, 5.41) is 2.54. The summed E-state index contributed by atoms with van der Waals surface area (Å²) >= 11 is 3.16. The normalized spacial score (nSPS) is 19.2. The largest absolute Gasteiger partial charge is 0.369 e. The fourth-order valence-corrected chi connectivity index (χ4v) is 2.75. The Labute approximate surface area is 130 Å². The smallest absolute Gasteiger partial charge is 0.238 e. The van der Waals surface area contributed by atoms with E-state index < -0.39 is 5.82 Å². The van der Waals surface area contributed by atoms with Gasteiger partial charge >= 0.3 is 0 Å². The third-order valence-corrected chi connectivity index (χ3v) is 3.97. The number of hydrogen-bond acceptors (Lipinski definition) is 3. The first kappa shape index (κ1) is 15.9. The van der Waals surface area contributed by atoms with Crippen molar-refractivity contribution in [3.8, 4) is 0 Å². The highest BCUT2D eigenvalue weighted by Gasteiger charge is 2.25. The Morgan fingerprint density at radius 1 is 1.48 bits per heavy atom. The topological polar surface area (TPSA) is 75.4 Å². The molecule has 3 N–H and O–H groups in total. The van der Waals surface area contributed by atoms with Crippen LogP contribution in [0.15, 0.2) is 22.7 Å². The molecule has 1 atom stereocenters. The second-order valence-corrected chi connectivity index (χ2v) is 6.06. The van der Waals surface area contributed by atoms with Gasteiger partial charge in [0.05, 0.1) is 18.2 Å². The summed E-state index contributed by atoms with van der Waals surface area (Å²) in [5.41, 5.74) is 5.44. The molecule has 1 aromatic rings. The van der Waals surface area contributed by atoms with Gasteiger partial charge in [-0.05, 0) is 37.6 Å². The van der Waals surface area contributed by atoms with Gasteiger partial charge in [-0.3, -0.25) is 14.5 Å². The zero-order valence-corrected chi connectivity index (χ0v) is 13.0. The highest BCUT2D eigenvalue weighted by atomic mass is 79.9. The highest BCUT2D eigenvalue weighted by molar-refractivity contribution is 9.10. The Balaban J connectivity index is 1.91. The van der Waals surface area contributed by atoms with Crippen LogP contribution >= 0.6 is 15.9 Å².